The second-order valence-corrected chi connectivity index (χ2v) is 6.40. The molecule has 1 aliphatic rings. The van der Waals surface area contributed by atoms with Crippen LogP contribution in [0.3, 0.4) is 0 Å². The summed E-state index contributed by atoms with van der Waals surface area (Å²) in [6.07, 6.45) is 2.80. The van der Waals surface area contributed by atoms with Crippen LogP contribution >= 0.6 is 11.3 Å². The molecule has 1 heterocycles. The Labute approximate surface area is 114 Å². The minimum absolute atomic E-state index is 0.225. The zero-order chi connectivity index (χ0) is 13.1. The molecule has 4 heteroatoms. The van der Waals surface area contributed by atoms with Crippen molar-refractivity contribution in [2.75, 3.05) is 13.7 Å². The summed E-state index contributed by atoms with van der Waals surface area (Å²) in [5.74, 6) is 1.19. The van der Waals surface area contributed by atoms with Crippen LogP contribution in [0.5, 0.6) is 0 Å². The lowest BCUT2D eigenvalue weighted by Crippen LogP contribution is -2.12. The third-order valence-electron chi connectivity index (χ3n) is 3.37. The van der Waals surface area contributed by atoms with Gasteiger partial charge in [0, 0.05) is 18.5 Å². The molecule has 2 rings (SSSR count). The summed E-state index contributed by atoms with van der Waals surface area (Å²) in [5, 5.41) is 4.58. The first-order valence-corrected chi connectivity index (χ1v) is 7.72. The molecule has 1 aromatic heterocycles. The monoisotopic (exact) mass is 268 g/mol. The second-order valence-electron chi connectivity index (χ2n) is 5.29. The first kappa shape index (κ1) is 14.0. The number of aromatic nitrogens is 1. The Bertz CT molecular complexity index is 385. The molecule has 0 saturated heterocycles. The van der Waals surface area contributed by atoms with Crippen LogP contribution in [0.15, 0.2) is 0 Å². The molecule has 1 unspecified atom stereocenters. The number of nitrogens with zero attached hydrogens (tertiary/aromatic N) is 1. The van der Waals surface area contributed by atoms with Crippen LogP contribution in [0.1, 0.15) is 61.2 Å². The summed E-state index contributed by atoms with van der Waals surface area (Å²) in [4.78, 5) is 6.23. The normalized spacial score (nSPS) is 17.4. The van der Waals surface area contributed by atoms with Gasteiger partial charge in [-0.15, -0.1) is 11.3 Å². The minimum Gasteiger partial charge on any atom is -0.374 e. The summed E-state index contributed by atoms with van der Waals surface area (Å²) in [6.45, 7) is 8.50. The van der Waals surface area contributed by atoms with Gasteiger partial charge in [-0.2, -0.15) is 0 Å². The van der Waals surface area contributed by atoms with E-state index in [1.165, 1.54) is 28.4 Å². The third-order valence-corrected chi connectivity index (χ3v) is 4.51. The third kappa shape index (κ3) is 3.11. The maximum atomic E-state index is 5.64. The highest BCUT2D eigenvalue weighted by Crippen LogP contribution is 2.44. The Kier molecular flexibility index (Phi) is 4.76. The van der Waals surface area contributed by atoms with Crippen molar-refractivity contribution in [3.63, 3.8) is 0 Å². The average molecular weight is 268 g/mol. The van der Waals surface area contributed by atoms with E-state index < -0.39 is 0 Å². The van der Waals surface area contributed by atoms with Crippen molar-refractivity contribution < 1.29 is 4.74 Å². The van der Waals surface area contributed by atoms with Crippen LogP contribution in [0.25, 0.3) is 0 Å². The van der Waals surface area contributed by atoms with E-state index in [1.807, 2.05) is 18.4 Å². The smallest absolute Gasteiger partial charge is 0.122 e. The van der Waals surface area contributed by atoms with Crippen LogP contribution in [-0.2, 0) is 11.3 Å². The number of thiazole rings is 1. The highest BCUT2D eigenvalue weighted by Gasteiger charge is 2.35. The Hall–Kier alpha value is -0.450. The maximum absolute atomic E-state index is 5.64. The molecule has 0 aliphatic heterocycles. The van der Waals surface area contributed by atoms with E-state index in [2.05, 4.69) is 26.1 Å². The zero-order valence-corrected chi connectivity index (χ0v) is 12.6. The number of ether oxygens (including phenoxy) is 1. The molecule has 3 nitrogen and oxygen atoms in total. The van der Waals surface area contributed by atoms with Crippen molar-refractivity contribution in [2.24, 2.45) is 5.92 Å². The van der Waals surface area contributed by atoms with Gasteiger partial charge in [-0.3, -0.25) is 0 Å². The Morgan fingerprint density at radius 2 is 2.17 bits per heavy atom. The zero-order valence-electron chi connectivity index (χ0n) is 11.8. The molecule has 1 saturated carbocycles. The van der Waals surface area contributed by atoms with Gasteiger partial charge in [0.15, 0.2) is 0 Å². The number of hydrogen-bond acceptors (Lipinski definition) is 4. The summed E-state index contributed by atoms with van der Waals surface area (Å²) < 4.78 is 5.64. The fourth-order valence-electron chi connectivity index (χ4n) is 2.21. The van der Waals surface area contributed by atoms with Gasteiger partial charge in [0.25, 0.3) is 0 Å². The molecule has 18 heavy (non-hydrogen) atoms. The summed E-state index contributed by atoms with van der Waals surface area (Å²) >= 11 is 1.83. The minimum atomic E-state index is 0.225. The fraction of sp³-hybridized carbons (Fsp3) is 0.786. The molecule has 0 aromatic carbocycles. The molecule has 0 spiro atoms. The highest BCUT2D eigenvalue weighted by atomic mass is 32.1. The maximum Gasteiger partial charge on any atom is 0.122 e. The number of hydrogen-bond donors (Lipinski definition) is 1. The van der Waals surface area contributed by atoms with Gasteiger partial charge in [0.05, 0.1) is 5.69 Å². The highest BCUT2D eigenvalue weighted by molar-refractivity contribution is 7.11. The summed E-state index contributed by atoms with van der Waals surface area (Å²) in [5.41, 5.74) is 1.25. The second kappa shape index (κ2) is 6.13. The van der Waals surface area contributed by atoms with E-state index in [0.717, 1.165) is 13.1 Å². The molecular weight excluding hydrogens is 244 g/mol. The summed E-state index contributed by atoms with van der Waals surface area (Å²) in [7, 11) is 1.81. The molecule has 0 amide bonds. The number of rotatable bonds is 7. The molecule has 0 radical (unpaired) electrons. The Balaban J connectivity index is 2.20. The van der Waals surface area contributed by atoms with E-state index in [9.17, 15) is 0 Å². The van der Waals surface area contributed by atoms with Crippen molar-refractivity contribution in [1.29, 1.82) is 0 Å². The number of methoxy groups -OCH3 is 1. The van der Waals surface area contributed by atoms with Crippen molar-refractivity contribution in [3.8, 4) is 0 Å². The van der Waals surface area contributed by atoms with E-state index >= 15 is 0 Å². The quantitative estimate of drug-likeness (QED) is 0.822. The number of nitrogens with one attached hydrogen (secondary N) is 1. The van der Waals surface area contributed by atoms with Gasteiger partial charge < -0.3 is 10.1 Å². The van der Waals surface area contributed by atoms with Gasteiger partial charge in [0.2, 0.25) is 0 Å². The van der Waals surface area contributed by atoms with E-state index in [0.29, 0.717) is 11.8 Å². The predicted octanol–water partition coefficient (Wildman–Crippen LogP) is 3.47. The predicted molar refractivity (Wildman–Crippen MR) is 76.1 cm³/mol. The first-order valence-electron chi connectivity index (χ1n) is 6.90. The van der Waals surface area contributed by atoms with Crippen LogP contribution in [0.4, 0.5) is 0 Å². The van der Waals surface area contributed by atoms with Crippen LogP contribution in [0, 0.1) is 5.92 Å². The van der Waals surface area contributed by atoms with E-state index in [1.54, 1.807) is 0 Å². The molecule has 1 fully saturated rings. The lowest BCUT2D eigenvalue weighted by atomic mass is 10.1. The molecule has 1 atom stereocenters. The standard InChI is InChI=1S/C14H24N2OS/c1-5-15-8-11-12(9(2)3)16-14(18-11)13(17-4)10-6-7-10/h9-10,13,15H,5-8H2,1-4H3. The molecule has 102 valence electrons. The SMILES string of the molecule is CCNCc1sc(C(OC)C2CC2)nc1C(C)C. The molecule has 1 N–H and O–H groups in total. The van der Waals surface area contributed by atoms with Gasteiger partial charge in [-0.25, -0.2) is 4.98 Å². The largest absolute Gasteiger partial charge is 0.374 e. The average Bonchev–Trinajstić information content (AvgIpc) is 3.07. The first-order chi connectivity index (χ1) is 8.67. The lowest BCUT2D eigenvalue weighted by molar-refractivity contribution is 0.0842. The topological polar surface area (TPSA) is 34.1 Å². The lowest BCUT2D eigenvalue weighted by Gasteiger charge is -2.10. The van der Waals surface area contributed by atoms with Gasteiger partial charge >= 0.3 is 0 Å². The van der Waals surface area contributed by atoms with Crippen molar-refractivity contribution >= 4 is 11.3 Å². The van der Waals surface area contributed by atoms with Crippen molar-refractivity contribution in [3.05, 3.63) is 15.6 Å². The van der Waals surface area contributed by atoms with Crippen LogP contribution < -0.4 is 5.32 Å². The molecule has 1 aliphatic carbocycles. The molecular formula is C14H24N2OS. The Morgan fingerprint density at radius 1 is 1.44 bits per heavy atom. The van der Waals surface area contributed by atoms with E-state index in [-0.39, 0.29) is 6.10 Å². The summed E-state index contributed by atoms with van der Waals surface area (Å²) in [6, 6.07) is 0. The Morgan fingerprint density at radius 3 is 2.67 bits per heavy atom. The van der Waals surface area contributed by atoms with Gasteiger partial charge in [-0.05, 0) is 31.2 Å². The van der Waals surface area contributed by atoms with Crippen molar-refractivity contribution in [1.82, 2.24) is 10.3 Å². The fourth-order valence-corrected chi connectivity index (χ4v) is 3.58. The van der Waals surface area contributed by atoms with Gasteiger partial charge in [-0.1, -0.05) is 20.8 Å². The van der Waals surface area contributed by atoms with Gasteiger partial charge in [0.1, 0.15) is 11.1 Å². The van der Waals surface area contributed by atoms with Crippen LogP contribution in [0.2, 0.25) is 0 Å². The van der Waals surface area contributed by atoms with Crippen LogP contribution in [-0.4, -0.2) is 18.6 Å². The molecule has 0 bridgehead atoms. The van der Waals surface area contributed by atoms with E-state index in [4.69, 9.17) is 9.72 Å². The van der Waals surface area contributed by atoms with Crippen molar-refractivity contribution in [2.45, 2.75) is 52.2 Å². The molecule has 1 aromatic rings.